The van der Waals surface area contributed by atoms with Crippen molar-refractivity contribution in [2.75, 3.05) is 38.6 Å². The molecule has 0 aliphatic rings. The molecule has 0 unspecified atom stereocenters. The quantitative estimate of drug-likeness (QED) is 0.112. The summed E-state index contributed by atoms with van der Waals surface area (Å²) in [5.74, 6) is -1.26. The Morgan fingerprint density at radius 2 is 1.28 bits per heavy atom. The number of nitrogens with one attached hydrogen (secondary N) is 2. The maximum atomic E-state index is 12.0. The van der Waals surface area contributed by atoms with E-state index in [-0.39, 0.29) is 35.6 Å². The maximum absolute atomic E-state index is 12.0. The lowest BCUT2D eigenvalue weighted by atomic mass is 10.1. The molecule has 0 amide bonds. The third-order valence-corrected chi connectivity index (χ3v) is 6.63. The number of anilines is 1. The van der Waals surface area contributed by atoms with Gasteiger partial charge in [-0.1, -0.05) is 68.2 Å². The Labute approximate surface area is 280 Å². The van der Waals surface area contributed by atoms with Gasteiger partial charge in [-0.25, -0.2) is 4.98 Å². The molecule has 0 aliphatic carbocycles. The number of hydrogen-bond donors (Lipinski definition) is 5. The van der Waals surface area contributed by atoms with E-state index in [1.807, 2.05) is 0 Å². The number of hydrogen-bond acceptors (Lipinski definition) is 12. The van der Waals surface area contributed by atoms with Gasteiger partial charge >= 0.3 is 0 Å². The second-order valence-electron chi connectivity index (χ2n) is 8.76. The molecule has 2 aromatic heterocycles. The molecule has 2 aromatic carbocycles. The van der Waals surface area contributed by atoms with Gasteiger partial charge in [-0.2, -0.15) is 10.1 Å². The predicted molar refractivity (Wildman–Crippen MR) is 175 cm³/mol. The van der Waals surface area contributed by atoms with Crippen LogP contribution in [0.25, 0.3) is 0 Å². The minimum absolute atomic E-state index is 0.00296. The second-order valence-corrected chi connectivity index (χ2v) is 9.92. The number of aromatic nitrogens is 6. The summed E-state index contributed by atoms with van der Waals surface area (Å²) < 4.78 is 0. The molecule has 0 saturated carbocycles. The first kappa shape index (κ1) is 40.0. The lowest BCUT2D eigenvalue weighted by Crippen LogP contribution is -2.21. The summed E-state index contributed by atoms with van der Waals surface area (Å²) in [6, 6.07) is 13.3. The summed E-state index contributed by atoms with van der Waals surface area (Å²) in [7, 11) is 0. The van der Waals surface area contributed by atoms with Crippen molar-refractivity contribution in [3.8, 4) is 0 Å². The summed E-state index contributed by atoms with van der Waals surface area (Å²) in [5.41, 5.74) is 5.82. The zero-order chi connectivity index (χ0) is 34.6. The number of Topliss-reactive ketones (excluding diaryl/α,β-unsaturated/α-hetero) is 3. The molecule has 6 N–H and O–H groups in total. The molecule has 14 nitrogen and oxygen atoms in total. The number of nitrogen functional groups attached to an aromatic ring is 1. The van der Waals surface area contributed by atoms with Crippen molar-refractivity contribution in [1.82, 2.24) is 35.3 Å². The molecule has 248 valence electrons. The number of H-pyrrole nitrogens is 2. The topological polar surface area (TPSA) is 221 Å². The van der Waals surface area contributed by atoms with Crippen molar-refractivity contribution in [2.24, 2.45) is 0 Å². The van der Waals surface area contributed by atoms with Crippen LogP contribution < -0.4 is 5.73 Å². The lowest BCUT2D eigenvalue weighted by Gasteiger charge is -2.13. The number of aliphatic hydroxyl groups is 2. The molecule has 17 heteroatoms. The van der Waals surface area contributed by atoms with Gasteiger partial charge in [-0.3, -0.25) is 29.4 Å². The van der Waals surface area contributed by atoms with E-state index in [9.17, 15) is 19.2 Å². The van der Waals surface area contributed by atoms with Gasteiger partial charge in [-0.05, 0) is 55.5 Å². The van der Waals surface area contributed by atoms with Crippen LogP contribution in [0.1, 0.15) is 68.5 Å². The molecule has 0 bridgehead atoms. The van der Waals surface area contributed by atoms with Gasteiger partial charge in [0.1, 0.15) is 19.0 Å². The Morgan fingerprint density at radius 1 is 0.761 bits per heavy atom. The summed E-state index contributed by atoms with van der Waals surface area (Å²) in [5, 5.41) is 29.0. The number of halogens is 3. The monoisotopic (exact) mass is 696 g/mol. The zero-order valence-corrected chi connectivity index (χ0v) is 27.6. The molecular weight excluding hydrogens is 663 g/mol. The van der Waals surface area contributed by atoms with Crippen LogP contribution in [0.15, 0.2) is 48.5 Å². The van der Waals surface area contributed by atoms with E-state index in [1.54, 1.807) is 48.5 Å². The highest BCUT2D eigenvalue weighted by atomic mass is 35.5. The number of aromatic amines is 2. The highest BCUT2D eigenvalue weighted by Crippen LogP contribution is 2.17. The van der Waals surface area contributed by atoms with Gasteiger partial charge in [0.05, 0.1) is 22.0 Å². The Morgan fingerprint density at radius 3 is 1.67 bits per heavy atom. The molecule has 0 atom stereocenters. The van der Waals surface area contributed by atoms with Crippen LogP contribution in [0.5, 0.6) is 0 Å². The Kier molecular flexibility index (Phi) is 18.8. The van der Waals surface area contributed by atoms with Gasteiger partial charge in [0, 0.05) is 5.56 Å². The number of ketones is 3. The average molecular weight is 698 g/mol. The van der Waals surface area contributed by atoms with Gasteiger partial charge in [0.2, 0.25) is 23.3 Å². The van der Waals surface area contributed by atoms with Crippen molar-refractivity contribution >= 4 is 63.3 Å². The number of nitrogens with two attached hydrogens (primary N) is 1. The molecule has 2 heterocycles. The summed E-state index contributed by atoms with van der Waals surface area (Å²) in [4.78, 5) is 53.9. The first-order valence-electron chi connectivity index (χ1n) is 13.7. The van der Waals surface area contributed by atoms with E-state index in [0.29, 0.717) is 21.2 Å². The Hall–Kier alpha value is -4.05. The summed E-state index contributed by atoms with van der Waals surface area (Å²) >= 11 is 16.7. The first-order chi connectivity index (χ1) is 21.9. The van der Waals surface area contributed by atoms with E-state index in [4.69, 9.17) is 50.7 Å². The normalized spacial score (nSPS) is 10.0. The van der Waals surface area contributed by atoms with Crippen LogP contribution in [0.4, 0.5) is 5.95 Å². The van der Waals surface area contributed by atoms with Crippen LogP contribution in [-0.4, -0.2) is 101 Å². The predicted octanol–water partition coefficient (Wildman–Crippen LogP) is 3.69. The Balaban J connectivity index is 0.000000334. The summed E-state index contributed by atoms with van der Waals surface area (Å²) in [6.07, 6.45) is -0.0462. The fourth-order valence-electron chi connectivity index (χ4n) is 3.27. The molecule has 4 aromatic rings. The highest BCUT2D eigenvalue weighted by molar-refractivity contribution is 6.68. The summed E-state index contributed by atoms with van der Waals surface area (Å²) in [6.45, 7) is 8.87. The molecule has 0 radical (unpaired) electrons. The van der Waals surface area contributed by atoms with E-state index >= 15 is 0 Å². The number of nitrogens with zero attached hydrogens (tertiary/aromatic N) is 5. The number of aliphatic hydroxyl groups excluding tert-OH is 2. The van der Waals surface area contributed by atoms with E-state index in [1.165, 1.54) is 19.6 Å². The van der Waals surface area contributed by atoms with E-state index in [0.717, 1.165) is 0 Å². The van der Waals surface area contributed by atoms with Crippen molar-refractivity contribution in [2.45, 2.75) is 27.2 Å². The van der Waals surface area contributed by atoms with E-state index in [2.05, 4.69) is 56.0 Å². The SMILES string of the molecule is CCN(CC)CC.Nc1n[nH]c(C(=O)CO)n1.O=C(CO)c1n[nH]c(CC(=O)c2ccccc2Cl)n1.O=C(Cl)c1ccccc1Cl. The van der Waals surface area contributed by atoms with E-state index < -0.39 is 30.0 Å². The molecule has 0 spiro atoms. The smallest absolute Gasteiger partial charge is 0.253 e. The van der Waals surface area contributed by atoms with Gasteiger partial charge in [-0.15, -0.1) is 5.10 Å². The minimum Gasteiger partial charge on any atom is -0.388 e. The van der Waals surface area contributed by atoms with Crippen molar-refractivity contribution in [1.29, 1.82) is 0 Å². The fraction of sp³-hybridized carbons (Fsp3) is 0.310. The molecular formula is C29H35Cl3N8O6. The van der Waals surface area contributed by atoms with Gasteiger partial charge in [0.25, 0.3) is 5.24 Å². The van der Waals surface area contributed by atoms with Crippen molar-refractivity contribution < 1.29 is 29.4 Å². The van der Waals surface area contributed by atoms with Crippen molar-refractivity contribution in [3.63, 3.8) is 0 Å². The number of carbonyl (C=O) groups excluding carboxylic acids is 4. The number of carbonyl (C=O) groups is 4. The molecule has 0 saturated heterocycles. The fourth-order valence-corrected chi connectivity index (χ4v) is 3.95. The van der Waals surface area contributed by atoms with Crippen LogP contribution in [0.2, 0.25) is 10.0 Å². The zero-order valence-electron chi connectivity index (χ0n) is 25.3. The Bertz CT molecular complexity index is 1550. The standard InChI is InChI=1S/C12H10ClN3O3.C7H4Cl2O.C6H15N.C4H6N4O2/c13-8-4-2-1-3-7(8)9(18)5-11-14-12(16-15-11)10(19)6-17;8-6-4-2-1-3-5(6)7(9)10;1-4-7(5-2)6-3;5-4-6-3(7-8-4)2(10)1-9/h1-4,17H,5-6H2,(H,14,15,16);1-4H;4-6H2,1-3H3;9H,1H2,(H3,5,6,7,8). The van der Waals surface area contributed by atoms with Crippen LogP contribution in [0, 0.1) is 0 Å². The van der Waals surface area contributed by atoms with Crippen molar-refractivity contribution in [3.05, 3.63) is 87.2 Å². The van der Waals surface area contributed by atoms with Gasteiger partial charge < -0.3 is 20.8 Å². The van der Waals surface area contributed by atoms with Crippen LogP contribution in [-0.2, 0) is 6.42 Å². The van der Waals surface area contributed by atoms with Gasteiger partial charge in [0.15, 0.2) is 11.6 Å². The van der Waals surface area contributed by atoms with Crippen LogP contribution in [0.3, 0.4) is 0 Å². The first-order valence-corrected chi connectivity index (χ1v) is 14.9. The largest absolute Gasteiger partial charge is 0.388 e. The molecule has 4 rings (SSSR count). The number of benzene rings is 2. The molecule has 46 heavy (non-hydrogen) atoms. The minimum atomic E-state index is -0.671. The maximum Gasteiger partial charge on any atom is 0.253 e. The second kappa shape index (κ2) is 21.6. The molecule has 0 fully saturated rings. The third-order valence-electron chi connectivity index (χ3n) is 5.76. The lowest BCUT2D eigenvalue weighted by molar-refractivity contribution is 0.0888. The molecule has 0 aliphatic heterocycles. The average Bonchev–Trinajstić information content (AvgIpc) is 3.71. The third kappa shape index (κ3) is 13.9. The number of rotatable bonds is 11. The van der Waals surface area contributed by atoms with Crippen LogP contribution >= 0.6 is 34.8 Å². The highest BCUT2D eigenvalue weighted by Gasteiger charge is 2.16.